The number of carboxylic acids is 1. The molecule has 0 heterocycles. The molecule has 0 radical (unpaired) electrons. The van der Waals surface area contributed by atoms with E-state index in [1.54, 1.807) is 0 Å². The zero-order chi connectivity index (χ0) is 25.3. The van der Waals surface area contributed by atoms with Crippen LogP contribution in [0.4, 0.5) is 0 Å². The summed E-state index contributed by atoms with van der Waals surface area (Å²) < 4.78 is 0. The Labute approximate surface area is 213 Å². The molecule has 0 amide bonds. The lowest BCUT2D eigenvalue weighted by Crippen LogP contribution is -2.25. The molecule has 0 aromatic carbocycles. The second-order valence-electron chi connectivity index (χ2n) is 10.5. The molecule has 3 heteroatoms. The number of aliphatic hydroxyl groups is 1. The average molecular weight is 481 g/mol. The predicted octanol–water partition coefficient (Wildman–Crippen LogP) is 9.86. The maximum atomic E-state index is 12.3. The first kappa shape index (κ1) is 33.2. The molecule has 0 saturated carbocycles. The molecule has 0 rings (SSSR count). The lowest BCUT2D eigenvalue weighted by atomic mass is 9.79. The van der Waals surface area contributed by atoms with E-state index in [0.717, 1.165) is 38.5 Å². The maximum Gasteiger partial charge on any atom is 0.331 e. The molecule has 3 nitrogen and oxygen atoms in total. The Bertz CT molecular complexity index is 471. The van der Waals surface area contributed by atoms with Crippen molar-refractivity contribution in [1.29, 1.82) is 0 Å². The smallest absolute Gasteiger partial charge is 0.331 e. The van der Waals surface area contributed by atoms with Gasteiger partial charge in [0.05, 0.1) is 0 Å². The van der Waals surface area contributed by atoms with Crippen molar-refractivity contribution in [3.63, 3.8) is 0 Å². The van der Waals surface area contributed by atoms with Crippen molar-refractivity contribution in [3.8, 4) is 0 Å². The summed E-state index contributed by atoms with van der Waals surface area (Å²) in [7, 11) is 0. The maximum absolute atomic E-state index is 12.3. The van der Waals surface area contributed by atoms with Crippen LogP contribution >= 0.6 is 0 Å². The van der Waals surface area contributed by atoms with Gasteiger partial charge < -0.3 is 10.2 Å². The van der Waals surface area contributed by atoms with Crippen LogP contribution in [0.1, 0.15) is 162 Å². The number of unbranched alkanes of at least 4 members (excludes halogenated alkanes) is 17. The van der Waals surface area contributed by atoms with E-state index >= 15 is 0 Å². The summed E-state index contributed by atoms with van der Waals surface area (Å²) in [6.45, 7) is 6.82. The van der Waals surface area contributed by atoms with Crippen molar-refractivity contribution in [1.82, 2.24) is 0 Å². The number of hydrogen-bond donors (Lipinski definition) is 2. The van der Waals surface area contributed by atoms with Gasteiger partial charge in [-0.3, -0.25) is 0 Å². The predicted molar refractivity (Wildman–Crippen MR) is 148 cm³/mol. The van der Waals surface area contributed by atoms with Gasteiger partial charge >= 0.3 is 5.97 Å². The molecule has 0 spiro atoms. The Balaban J connectivity index is 4.86. The summed E-state index contributed by atoms with van der Waals surface area (Å²) in [4.78, 5) is 12.3. The normalized spacial score (nSPS) is 13.8. The number of carbonyl (C=O) groups is 1. The van der Waals surface area contributed by atoms with Crippen LogP contribution < -0.4 is 0 Å². The molecule has 2 N–H and O–H groups in total. The van der Waals surface area contributed by atoms with E-state index in [-0.39, 0.29) is 18.4 Å². The minimum atomic E-state index is -0.765. The Kier molecular flexibility index (Phi) is 24.7. The van der Waals surface area contributed by atoms with Crippen LogP contribution in [-0.2, 0) is 4.79 Å². The number of carboxylic acid groups (broad SMARTS) is 1. The molecule has 34 heavy (non-hydrogen) atoms. The van der Waals surface area contributed by atoms with E-state index in [1.165, 1.54) is 103 Å². The highest BCUT2D eigenvalue weighted by Gasteiger charge is 2.27. The number of aliphatic hydroxyl groups excluding tert-OH is 1. The highest BCUT2D eigenvalue weighted by atomic mass is 16.4. The largest absolute Gasteiger partial charge is 0.478 e. The number of hydrogen-bond acceptors (Lipinski definition) is 2. The Morgan fingerprint density at radius 2 is 1.03 bits per heavy atom. The monoisotopic (exact) mass is 480 g/mol. The SMILES string of the molecule is CCCCCCCCC=C(C(=O)O)C(CCCCCCC)C(CO)CCCCCCCCCC. The van der Waals surface area contributed by atoms with Crippen LogP contribution in [-0.4, -0.2) is 22.8 Å². The van der Waals surface area contributed by atoms with Crippen molar-refractivity contribution in [3.05, 3.63) is 11.6 Å². The first-order valence-corrected chi connectivity index (χ1v) is 15.2. The minimum Gasteiger partial charge on any atom is -0.478 e. The van der Waals surface area contributed by atoms with Crippen LogP contribution in [0, 0.1) is 11.8 Å². The molecule has 0 aromatic rings. The number of allylic oxidation sites excluding steroid dienone is 1. The van der Waals surface area contributed by atoms with E-state index in [1.807, 2.05) is 6.08 Å². The van der Waals surface area contributed by atoms with Crippen molar-refractivity contribution >= 4 is 5.97 Å². The lowest BCUT2D eigenvalue weighted by Gasteiger charge is -2.27. The molecule has 0 fully saturated rings. The minimum absolute atomic E-state index is 0.00577. The molecule has 0 bridgehead atoms. The fourth-order valence-corrected chi connectivity index (χ4v) is 5.15. The summed E-state index contributed by atoms with van der Waals surface area (Å²) in [5, 5.41) is 20.3. The molecular weight excluding hydrogens is 420 g/mol. The van der Waals surface area contributed by atoms with Crippen molar-refractivity contribution in [2.24, 2.45) is 11.8 Å². The summed E-state index contributed by atoms with van der Waals surface area (Å²) in [6.07, 6.45) is 28.2. The highest BCUT2D eigenvalue weighted by molar-refractivity contribution is 5.87. The van der Waals surface area contributed by atoms with Gasteiger partial charge in [-0.1, -0.05) is 142 Å². The summed E-state index contributed by atoms with van der Waals surface area (Å²) in [6, 6.07) is 0. The van der Waals surface area contributed by atoms with E-state index in [0.29, 0.717) is 5.57 Å². The van der Waals surface area contributed by atoms with E-state index < -0.39 is 5.97 Å². The molecular formula is C31H60O3. The second-order valence-corrected chi connectivity index (χ2v) is 10.5. The molecule has 0 aliphatic rings. The van der Waals surface area contributed by atoms with Gasteiger partial charge in [0.1, 0.15) is 0 Å². The summed E-state index contributed by atoms with van der Waals surface area (Å²) >= 11 is 0. The van der Waals surface area contributed by atoms with Gasteiger partial charge in [-0.05, 0) is 37.5 Å². The highest BCUT2D eigenvalue weighted by Crippen LogP contribution is 2.32. The van der Waals surface area contributed by atoms with Crippen molar-refractivity contribution in [2.75, 3.05) is 6.61 Å². The molecule has 2 atom stereocenters. The van der Waals surface area contributed by atoms with Gasteiger partial charge in [-0.2, -0.15) is 0 Å². The number of rotatable bonds is 26. The Morgan fingerprint density at radius 3 is 1.47 bits per heavy atom. The topological polar surface area (TPSA) is 57.5 Å². The molecule has 2 unspecified atom stereocenters. The molecule has 202 valence electrons. The lowest BCUT2D eigenvalue weighted by molar-refractivity contribution is -0.133. The zero-order valence-corrected chi connectivity index (χ0v) is 23.3. The van der Waals surface area contributed by atoms with Gasteiger partial charge in [-0.25, -0.2) is 4.79 Å². The third kappa shape index (κ3) is 18.5. The van der Waals surface area contributed by atoms with Crippen LogP contribution in [0.25, 0.3) is 0 Å². The Morgan fingerprint density at radius 1 is 0.618 bits per heavy atom. The van der Waals surface area contributed by atoms with Crippen LogP contribution in [0.5, 0.6) is 0 Å². The molecule has 0 saturated heterocycles. The number of aliphatic carboxylic acids is 1. The van der Waals surface area contributed by atoms with Crippen LogP contribution in [0.15, 0.2) is 11.6 Å². The zero-order valence-electron chi connectivity index (χ0n) is 23.3. The summed E-state index contributed by atoms with van der Waals surface area (Å²) in [5.41, 5.74) is 0.586. The fraction of sp³-hybridized carbons (Fsp3) is 0.903. The van der Waals surface area contributed by atoms with Gasteiger partial charge in [0.25, 0.3) is 0 Å². The molecule has 0 aliphatic heterocycles. The average Bonchev–Trinajstić information content (AvgIpc) is 2.83. The van der Waals surface area contributed by atoms with Crippen molar-refractivity contribution in [2.45, 2.75) is 162 Å². The quantitative estimate of drug-likeness (QED) is 0.0956. The van der Waals surface area contributed by atoms with E-state index in [4.69, 9.17) is 0 Å². The first-order chi connectivity index (χ1) is 16.6. The third-order valence-electron chi connectivity index (χ3n) is 7.42. The van der Waals surface area contributed by atoms with Gasteiger partial charge in [0.2, 0.25) is 0 Å². The van der Waals surface area contributed by atoms with Crippen molar-refractivity contribution < 1.29 is 15.0 Å². The van der Waals surface area contributed by atoms with E-state index in [2.05, 4.69) is 20.8 Å². The van der Waals surface area contributed by atoms with Crippen LogP contribution in [0.2, 0.25) is 0 Å². The second kappa shape index (κ2) is 25.3. The third-order valence-corrected chi connectivity index (χ3v) is 7.42. The van der Waals surface area contributed by atoms with E-state index in [9.17, 15) is 15.0 Å². The molecule has 0 aliphatic carbocycles. The van der Waals surface area contributed by atoms with Crippen LogP contribution in [0.3, 0.4) is 0 Å². The fourth-order valence-electron chi connectivity index (χ4n) is 5.15. The standard InChI is InChI=1S/C31H60O3/c1-4-7-10-13-15-17-19-21-24-28(27-32)29(25-22-18-12-9-6-3)30(31(33)34)26-23-20-16-14-11-8-5-2/h26,28-29,32H,4-25,27H2,1-3H3,(H,33,34). The van der Waals surface area contributed by atoms with Gasteiger partial charge in [0, 0.05) is 12.2 Å². The first-order valence-electron chi connectivity index (χ1n) is 15.2. The Hall–Kier alpha value is -0.830. The van der Waals surface area contributed by atoms with Gasteiger partial charge in [-0.15, -0.1) is 0 Å². The van der Waals surface area contributed by atoms with Gasteiger partial charge in [0.15, 0.2) is 0 Å². The summed E-state index contributed by atoms with van der Waals surface area (Å²) in [5.74, 6) is -0.689. The molecule has 0 aromatic heterocycles.